The van der Waals surface area contributed by atoms with Crippen LogP contribution >= 0.6 is 0 Å². The molecule has 1 heteroatoms. The zero-order valence-corrected chi connectivity index (χ0v) is 21.1. The molecule has 0 aromatic heterocycles. The lowest BCUT2D eigenvalue weighted by Crippen LogP contribution is -2.15. The number of benzene rings is 5. The summed E-state index contributed by atoms with van der Waals surface area (Å²) in [5.41, 5.74) is 11.5. The van der Waals surface area contributed by atoms with Gasteiger partial charge in [-0.2, -0.15) is 0 Å². The van der Waals surface area contributed by atoms with Crippen LogP contribution in [-0.4, -0.2) is 0 Å². The van der Waals surface area contributed by atoms with Gasteiger partial charge in [0.1, 0.15) is 0 Å². The molecule has 0 N–H and O–H groups in total. The van der Waals surface area contributed by atoms with Crippen molar-refractivity contribution in [2.45, 2.75) is 25.7 Å². The molecule has 5 aromatic carbocycles. The summed E-state index contributed by atoms with van der Waals surface area (Å²) in [6.07, 6.45) is 7.17. The van der Waals surface area contributed by atoms with Crippen LogP contribution in [-0.2, 0) is 12.8 Å². The Morgan fingerprint density at radius 2 is 1.08 bits per heavy atom. The smallest absolute Gasteiger partial charge is 0.0496 e. The van der Waals surface area contributed by atoms with E-state index in [9.17, 15) is 0 Å². The first kappa shape index (κ1) is 23.1. The third-order valence-electron chi connectivity index (χ3n) is 7.26. The Morgan fingerprint density at radius 1 is 0.514 bits per heavy atom. The Balaban J connectivity index is 1.42. The Hall–Kier alpha value is -4.36. The molecule has 0 bridgehead atoms. The predicted octanol–water partition coefficient (Wildman–Crippen LogP) is 9.62. The van der Waals surface area contributed by atoms with Gasteiger partial charge in [0, 0.05) is 17.1 Å². The van der Waals surface area contributed by atoms with Crippen LogP contribution in [0.4, 0.5) is 17.1 Å². The number of para-hydroxylation sites is 1. The van der Waals surface area contributed by atoms with E-state index in [1.807, 2.05) is 0 Å². The highest BCUT2D eigenvalue weighted by Crippen LogP contribution is 2.40. The second-order valence-corrected chi connectivity index (χ2v) is 9.67. The molecule has 0 heterocycles. The largest absolute Gasteiger partial charge is 0.310 e. The van der Waals surface area contributed by atoms with Crippen molar-refractivity contribution in [1.82, 2.24) is 0 Å². The van der Waals surface area contributed by atoms with E-state index in [4.69, 9.17) is 0 Å². The summed E-state index contributed by atoms with van der Waals surface area (Å²) in [4.78, 5) is 2.42. The quantitative estimate of drug-likeness (QED) is 0.220. The summed E-state index contributed by atoms with van der Waals surface area (Å²) in [5.74, 6) is 0. The van der Waals surface area contributed by atoms with Gasteiger partial charge in [0.2, 0.25) is 0 Å². The molecule has 0 radical (unpaired) electrons. The van der Waals surface area contributed by atoms with E-state index in [0.29, 0.717) is 0 Å². The normalized spacial score (nSPS) is 12.4. The second-order valence-electron chi connectivity index (χ2n) is 9.67. The lowest BCUT2D eigenvalue weighted by Gasteiger charge is -2.30. The van der Waals surface area contributed by atoms with Crippen molar-refractivity contribution < 1.29 is 0 Å². The standard InChI is InChI=1S/C36H31N/c1-4-13-30(14-5-1)35(31-15-6-2-7-16-31)27-28-23-25-33(26-24-28)37(32-19-8-3-9-20-32)36-22-12-18-29-17-10-11-21-34(29)36/h1-9,12-16,18-20,22-27H,10-11,17,21H2. The molecule has 6 rings (SSSR count). The maximum absolute atomic E-state index is 2.42. The lowest BCUT2D eigenvalue weighted by atomic mass is 9.90. The monoisotopic (exact) mass is 477 g/mol. The van der Waals surface area contributed by atoms with Crippen LogP contribution in [0.2, 0.25) is 0 Å². The minimum atomic E-state index is 1.15. The number of nitrogens with zero attached hydrogens (tertiary/aromatic N) is 1. The Morgan fingerprint density at radius 3 is 1.73 bits per heavy atom. The SMILES string of the molecule is C(=C(c1ccccc1)c1ccccc1)c1ccc(N(c2ccccc2)c2cccc3c2CCCC3)cc1. The number of anilines is 3. The topological polar surface area (TPSA) is 3.24 Å². The number of fused-ring (bicyclic) bond motifs is 1. The van der Waals surface area contributed by atoms with Gasteiger partial charge < -0.3 is 4.90 Å². The highest BCUT2D eigenvalue weighted by Gasteiger charge is 2.20. The fraction of sp³-hybridized carbons (Fsp3) is 0.111. The van der Waals surface area contributed by atoms with Gasteiger partial charge in [-0.05, 0) is 95.5 Å². The van der Waals surface area contributed by atoms with Gasteiger partial charge in [0.15, 0.2) is 0 Å². The average Bonchev–Trinajstić information content (AvgIpc) is 2.98. The number of hydrogen-bond donors (Lipinski definition) is 0. The number of aryl methyl sites for hydroxylation is 1. The van der Waals surface area contributed by atoms with Gasteiger partial charge in [-0.15, -0.1) is 0 Å². The molecular formula is C36H31N. The molecule has 5 aromatic rings. The lowest BCUT2D eigenvalue weighted by molar-refractivity contribution is 0.686. The van der Waals surface area contributed by atoms with Crippen molar-refractivity contribution >= 4 is 28.7 Å². The highest BCUT2D eigenvalue weighted by atomic mass is 15.1. The first-order chi connectivity index (χ1) is 18.4. The van der Waals surface area contributed by atoms with Crippen LogP contribution < -0.4 is 4.90 Å². The summed E-state index contributed by atoms with van der Waals surface area (Å²) < 4.78 is 0. The molecule has 0 fully saturated rings. The van der Waals surface area contributed by atoms with Crippen molar-refractivity contribution in [3.05, 3.63) is 161 Å². The summed E-state index contributed by atoms with van der Waals surface area (Å²) in [7, 11) is 0. The van der Waals surface area contributed by atoms with Crippen LogP contribution in [0.1, 0.15) is 40.7 Å². The van der Waals surface area contributed by atoms with E-state index in [1.54, 1.807) is 0 Å². The molecule has 0 saturated carbocycles. The first-order valence-corrected chi connectivity index (χ1v) is 13.3. The summed E-state index contributed by atoms with van der Waals surface area (Å²) in [6.45, 7) is 0. The molecule has 0 saturated heterocycles. The summed E-state index contributed by atoms with van der Waals surface area (Å²) >= 11 is 0. The molecule has 37 heavy (non-hydrogen) atoms. The number of hydrogen-bond acceptors (Lipinski definition) is 1. The van der Waals surface area contributed by atoms with E-state index in [2.05, 4.69) is 144 Å². The first-order valence-electron chi connectivity index (χ1n) is 13.3. The molecule has 0 aliphatic heterocycles. The van der Waals surface area contributed by atoms with Gasteiger partial charge in [0.05, 0.1) is 0 Å². The van der Waals surface area contributed by atoms with Gasteiger partial charge in [-0.3, -0.25) is 0 Å². The fourth-order valence-corrected chi connectivity index (χ4v) is 5.43. The Kier molecular flexibility index (Phi) is 6.68. The molecule has 1 aliphatic carbocycles. The third-order valence-corrected chi connectivity index (χ3v) is 7.26. The second kappa shape index (κ2) is 10.7. The van der Waals surface area contributed by atoms with E-state index in [-0.39, 0.29) is 0 Å². The van der Waals surface area contributed by atoms with E-state index >= 15 is 0 Å². The molecule has 1 nitrogen and oxygen atoms in total. The van der Waals surface area contributed by atoms with Crippen LogP contribution in [0.5, 0.6) is 0 Å². The molecule has 1 aliphatic rings. The van der Waals surface area contributed by atoms with Crippen molar-refractivity contribution in [2.24, 2.45) is 0 Å². The molecule has 180 valence electrons. The Bertz CT molecular complexity index is 1440. The maximum Gasteiger partial charge on any atom is 0.0496 e. The molecule has 0 unspecified atom stereocenters. The van der Waals surface area contributed by atoms with Crippen molar-refractivity contribution in [1.29, 1.82) is 0 Å². The van der Waals surface area contributed by atoms with Gasteiger partial charge in [-0.1, -0.05) is 103 Å². The minimum Gasteiger partial charge on any atom is -0.310 e. The summed E-state index contributed by atoms with van der Waals surface area (Å²) in [6, 6.07) is 47.9. The van der Waals surface area contributed by atoms with E-state index in [0.717, 1.165) is 6.42 Å². The van der Waals surface area contributed by atoms with Gasteiger partial charge in [-0.25, -0.2) is 0 Å². The van der Waals surface area contributed by atoms with Crippen LogP contribution in [0.3, 0.4) is 0 Å². The third kappa shape index (κ3) is 4.99. The van der Waals surface area contributed by atoms with Crippen molar-refractivity contribution in [3.63, 3.8) is 0 Å². The fourth-order valence-electron chi connectivity index (χ4n) is 5.43. The summed E-state index contributed by atoms with van der Waals surface area (Å²) in [5, 5.41) is 0. The zero-order valence-electron chi connectivity index (χ0n) is 21.1. The van der Waals surface area contributed by atoms with E-state index in [1.165, 1.54) is 69.7 Å². The zero-order chi connectivity index (χ0) is 24.9. The Labute approximate surface area is 220 Å². The molecular weight excluding hydrogens is 446 g/mol. The minimum absolute atomic E-state index is 1.15. The number of rotatable bonds is 6. The van der Waals surface area contributed by atoms with Crippen molar-refractivity contribution in [2.75, 3.05) is 4.90 Å². The average molecular weight is 478 g/mol. The van der Waals surface area contributed by atoms with Gasteiger partial charge >= 0.3 is 0 Å². The molecule has 0 amide bonds. The van der Waals surface area contributed by atoms with E-state index < -0.39 is 0 Å². The van der Waals surface area contributed by atoms with Crippen LogP contribution in [0.25, 0.3) is 11.6 Å². The van der Waals surface area contributed by atoms with Crippen LogP contribution in [0.15, 0.2) is 133 Å². The predicted molar refractivity (Wildman–Crippen MR) is 158 cm³/mol. The molecule has 0 spiro atoms. The van der Waals surface area contributed by atoms with Crippen LogP contribution in [0, 0.1) is 0 Å². The molecule has 0 atom stereocenters. The maximum atomic E-state index is 2.42. The highest BCUT2D eigenvalue weighted by molar-refractivity contribution is 5.91. The van der Waals surface area contributed by atoms with Crippen molar-refractivity contribution in [3.8, 4) is 0 Å². The van der Waals surface area contributed by atoms with Gasteiger partial charge in [0.25, 0.3) is 0 Å².